The van der Waals surface area contributed by atoms with Crippen LogP contribution in [0.25, 0.3) is 0 Å². The molecule has 0 saturated carbocycles. The van der Waals surface area contributed by atoms with Crippen LogP contribution in [-0.4, -0.2) is 4.98 Å². The lowest BCUT2D eigenvalue weighted by Gasteiger charge is -2.13. The zero-order valence-corrected chi connectivity index (χ0v) is 10.4. The van der Waals surface area contributed by atoms with Gasteiger partial charge in [-0.15, -0.1) is 0 Å². The van der Waals surface area contributed by atoms with E-state index >= 15 is 0 Å². The minimum Gasteiger partial charge on any atom is -0.437 e. The molecule has 2 rings (SSSR count). The molecule has 0 N–H and O–H groups in total. The van der Waals surface area contributed by atoms with Crippen LogP contribution in [0.15, 0.2) is 36.5 Å². The van der Waals surface area contributed by atoms with Gasteiger partial charge in [0.2, 0.25) is 5.88 Å². The number of hydrogen-bond donors (Lipinski definition) is 0. The maximum Gasteiger partial charge on any atom is 0.419 e. The van der Waals surface area contributed by atoms with Gasteiger partial charge in [-0.1, -0.05) is 12.1 Å². The van der Waals surface area contributed by atoms with Crippen LogP contribution in [0.4, 0.5) is 13.2 Å². The fourth-order valence-corrected chi connectivity index (χ4v) is 1.64. The van der Waals surface area contributed by atoms with Gasteiger partial charge in [0.25, 0.3) is 0 Å². The lowest BCUT2D eigenvalue weighted by molar-refractivity contribution is -0.138. The zero-order valence-electron chi connectivity index (χ0n) is 10.4. The minimum absolute atomic E-state index is 0.115. The van der Waals surface area contributed by atoms with Crippen molar-refractivity contribution in [2.24, 2.45) is 0 Å². The highest BCUT2D eigenvalue weighted by Crippen LogP contribution is 2.38. The smallest absolute Gasteiger partial charge is 0.419 e. The lowest BCUT2D eigenvalue weighted by atomic mass is 10.1. The number of ether oxygens (including phenoxy) is 1. The number of alkyl halides is 3. The summed E-state index contributed by atoms with van der Waals surface area (Å²) in [6.45, 7) is 1.66. The van der Waals surface area contributed by atoms with Crippen LogP contribution in [0.1, 0.15) is 16.7 Å². The molecule has 0 saturated heterocycles. The SMILES string of the molecule is Cc1ccnc(Oc2ccccc2C(F)(F)F)c1C#N. The molecule has 1 aromatic heterocycles. The number of rotatable bonds is 2. The van der Waals surface area contributed by atoms with Crippen molar-refractivity contribution in [3.63, 3.8) is 0 Å². The molecule has 3 nitrogen and oxygen atoms in total. The van der Waals surface area contributed by atoms with E-state index in [1.165, 1.54) is 24.4 Å². The highest BCUT2D eigenvalue weighted by atomic mass is 19.4. The Kier molecular flexibility index (Phi) is 3.61. The first kappa shape index (κ1) is 13.9. The van der Waals surface area contributed by atoms with E-state index < -0.39 is 11.7 Å². The normalized spacial score (nSPS) is 10.9. The number of benzene rings is 1. The van der Waals surface area contributed by atoms with Crippen molar-refractivity contribution < 1.29 is 17.9 Å². The first-order valence-corrected chi connectivity index (χ1v) is 5.63. The second kappa shape index (κ2) is 5.21. The summed E-state index contributed by atoms with van der Waals surface area (Å²) in [7, 11) is 0. The predicted octanol–water partition coefficient (Wildman–Crippen LogP) is 4.07. The van der Waals surface area contributed by atoms with Gasteiger partial charge >= 0.3 is 6.18 Å². The van der Waals surface area contributed by atoms with Crippen molar-refractivity contribution in [2.75, 3.05) is 0 Å². The van der Waals surface area contributed by atoms with Crippen LogP contribution in [0.2, 0.25) is 0 Å². The predicted molar refractivity (Wildman–Crippen MR) is 65.2 cm³/mol. The quantitative estimate of drug-likeness (QED) is 0.831. The summed E-state index contributed by atoms with van der Waals surface area (Å²) < 4.78 is 43.7. The number of hydrogen-bond acceptors (Lipinski definition) is 3. The fourth-order valence-electron chi connectivity index (χ4n) is 1.64. The number of aromatic nitrogens is 1. The molecule has 0 radical (unpaired) electrons. The van der Waals surface area contributed by atoms with Crippen LogP contribution in [0.5, 0.6) is 11.6 Å². The summed E-state index contributed by atoms with van der Waals surface area (Å²) in [5.41, 5.74) is -0.210. The first-order valence-electron chi connectivity index (χ1n) is 5.63. The molecule has 2 aromatic rings. The van der Waals surface area contributed by atoms with Gasteiger partial charge in [0.05, 0.1) is 5.56 Å². The van der Waals surface area contributed by atoms with E-state index in [1.807, 2.05) is 6.07 Å². The maximum absolute atomic E-state index is 12.8. The van der Waals surface area contributed by atoms with Crippen molar-refractivity contribution in [1.29, 1.82) is 5.26 Å². The third kappa shape index (κ3) is 2.72. The monoisotopic (exact) mass is 278 g/mol. The molecule has 0 unspecified atom stereocenters. The summed E-state index contributed by atoms with van der Waals surface area (Å²) in [5, 5.41) is 9.01. The molecule has 0 fully saturated rings. The summed E-state index contributed by atoms with van der Waals surface area (Å²) in [5.74, 6) is -0.515. The molecule has 6 heteroatoms. The van der Waals surface area contributed by atoms with Gasteiger partial charge in [0.1, 0.15) is 17.4 Å². The number of aryl methyl sites for hydroxylation is 1. The van der Waals surface area contributed by atoms with E-state index in [4.69, 9.17) is 10.00 Å². The van der Waals surface area contributed by atoms with Crippen molar-refractivity contribution >= 4 is 0 Å². The Balaban J connectivity index is 2.47. The summed E-state index contributed by atoms with van der Waals surface area (Å²) in [4.78, 5) is 3.82. The zero-order chi connectivity index (χ0) is 14.8. The van der Waals surface area contributed by atoms with Crippen molar-refractivity contribution in [1.82, 2.24) is 4.98 Å². The van der Waals surface area contributed by atoms with Gasteiger partial charge in [0, 0.05) is 6.20 Å². The average molecular weight is 278 g/mol. The molecule has 102 valence electrons. The molecule has 0 atom stereocenters. The van der Waals surface area contributed by atoms with Gasteiger partial charge in [-0.25, -0.2) is 4.98 Å². The van der Waals surface area contributed by atoms with Gasteiger partial charge in [-0.3, -0.25) is 0 Å². The molecule has 1 aromatic carbocycles. The van der Waals surface area contributed by atoms with Gasteiger partial charge in [0.15, 0.2) is 0 Å². The molecular formula is C14H9F3N2O. The standard InChI is InChI=1S/C14H9F3N2O/c1-9-6-7-19-13(10(9)8-18)20-12-5-3-2-4-11(12)14(15,16)17/h2-7H,1H3. The number of pyridine rings is 1. The van der Waals surface area contributed by atoms with E-state index in [0.29, 0.717) is 5.56 Å². The van der Waals surface area contributed by atoms with Gasteiger partial charge in [-0.2, -0.15) is 18.4 Å². The Morgan fingerprint density at radius 3 is 2.55 bits per heavy atom. The van der Waals surface area contributed by atoms with E-state index in [0.717, 1.165) is 6.07 Å². The second-order valence-electron chi connectivity index (χ2n) is 4.02. The summed E-state index contributed by atoms with van der Waals surface area (Å²) >= 11 is 0. The Morgan fingerprint density at radius 1 is 1.20 bits per heavy atom. The number of para-hydroxylation sites is 1. The maximum atomic E-state index is 12.8. The molecule has 0 amide bonds. The number of nitrogens with zero attached hydrogens (tertiary/aromatic N) is 2. The van der Waals surface area contributed by atoms with Crippen LogP contribution >= 0.6 is 0 Å². The largest absolute Gasteiger partial charge is 0.437 e. The van der Waals surface area contributed by atoms with Crippen molar-refractivity contribution in [2.45, 2.75) is 13.1 Å². The summed E-state index contributed by atoms with van der Waals surface area (Å²) in [6, 6.07) is 8.25. The Morgan fingerprint density at radius 2 is 1.90 bits per heavy atom. The topological polar surface area (TPSA) is 45.9 Å². The van der Waals surface area contributed by atoms with Crippen LogP contribution < -0.4 is 4.74 Å². The highest BCUT2D eigenvalue weighted by molar-refractivity contribution is 5.47. The van der Waals surface area contributed by atoms with Crippen molar-refractivity contribution in [3.05, 3.63) is 53.2 Å². The number of nitriles is 1. The van der Waals surface area contributed by atoms with E-state index in [-0.39, 0.29) is 17.2 Å². The Hall–Kier alpha value is -2.55. The van der Waals surface area contributed by atoms with Crippen molar-refractivity contribution in [3.8, 4) is 17.7 Å². The molecule has 0 aliphatic carbocycles. The molecule has 20 heavy (non-hydrogen) atoms. The molecular weight excluding hydrogens is 269 g/mol. The molecule has 1 heterocycles. The van der Waals surface area contributed by atoms with Crippen LogP contribution in [-0.2, 0) is 6.18 Å². The third-order valence-electron chi connectivity index (χ3n) is 2.64. The summed E-state index contributed by atoms with van der Waals surface area (Å²) in [6.07, 6.45) is -3.16. The minimum atomic E-state index is -4.53. The third-order valence-corrected chi connectivity index (χ3v) is 2.64. The molecule has 0 bridgehead atoms. The second-order valence-corrected chi connectivity index (χ2v) is 4.02. The van der Waals surface area contributed by atoms with E-state index in [9.17, 15) is 13.2 Å². The van der Waals surface area contributed by atoms with E-state index in [2.05, 4.69) is 4.98 Å². The highest BCUT2D eigenvalue weighted by Gasteiger charge is 2.34. The number of halogens is 3. The van der Waals surface area contributed by atoms with Crippen LogP contribution in [0, 0.1) is 18.3 Å². The average Bonchev–Trinajstić information content (AvgIpc) is 2.38. The fraction of sp³-hybridized carbons (Fsp3) is 0.143. The first-order chi connectivity index (χ1) is 9.43. The molecule has 0 spiro atoms. The molecule has 0 aliphatic rings. The molecule has 0 aliphatic heterocycles. The van der Waals surface area contributed by atoms with Gasteiger partial charge < -0.3 is 4.74 Å². The Labute approximate surface area is 113 Å². The van der Waals surface area contributed by atoms with Gasteiger partial charge in [-0.05, 0) is 30.7 Å². The van der Waals surface area contributed by atoms with Crippen LogP contribution in [0.3, 0.4) is 0 Å². The lowest BCUT2D eigenvalue weighted by Crippen LogP contribution is -2.07. The Bertz CT molecular complexity index is 675. The van der Waals surface area contributed by atoms with E-state index in [1.54, 1.807) is 13.0 Å².